The number of benzene rings is 1. The largest absolute Gasteiger partial charge is 0.317 e. The van der Waals surface area contributed by atoms with Crippen LogP contribution in [0.15, 0.2) is 18.2 Å². The third-order valence-corrected chi connectivity index (χ3v) is 3.86. The fourth-order valence-electron chi connectivity index (χ4n) is 2.60. The van der Waals surface area contributed by atoms with Crippen LogP contribution in [0.1, 0.15) is 24.8 Å². The lowest BCUT2D eigenvalue weighted by molar-refractivity contribution is -0.126. The molecule has 0 spiro atoms. The average Bonchev–Trinajstić information content (AvgIpc) is 2.67. The van der Waals surface area contributed by atoms with Crippen LogP contribution in [-0.2, 0) is 11.2 Å². The molecule has 0 unspecified atom stereocenters. The fraction of sp³-hybridized carbons (Fsp3) is 0.462. The monoisotopic (exact) mass is 270 g/mol. The number of carbonyl (C=O) groups is 1. The maximum Gasteiger partial charge on any atom is 0.247 e. The number of hydrogen-bond donors (Lipinski definition) is 1. The first-order valence-corrected chi connectivity index (χ1v) is 5.99. The molecule has 1 amide bonds. The molecule has 2 N–H and O–H groups in total. The molecule has 1 aromatic rings. The van der Waals surface area contributed by atoms with Crippen molar-refractivity contribution < 1.29 is 9.18 Å². The van der Waals surface area contributed by atoms with Gasteiger partial charge in [0.2, 0.25) is 5.91 Å². The number of amides is 1. The molecule has 0 radical (unpaired) electrons. The van der Waals surface area contributed by atoms with Gasteiger partial charge in [-0.15, -0.1) is 12.4 Å². The van der Waals surface area contributed by atoms with E-state index in [0.29, 0.717) is 12.2 Å². The van der Waals surface area contributed by atoms with Gasteiger partial charge in [-0.05, 0) is 43.4 Å². The number of hydrogen-bond acceptors (Lipinski definition) is 2. The van der Waals surface area contributed by atoms with Crippen LogP contribution < -0.4 is 10.6 Å². The Morgan fingerprint density at radius 3 is 2.72 bits per heavy atom. The van der Waals surface area contributed by atoms with Crippen molar-refractivity contribution in [2.24, 2.45) is 5.73 Å². The maximum absolute atomic E-state index is 13.2. The van der Waals surface area contributed by atoms with Gasteiger partial charge in [-0.25, -0.2) is 4.39 Å². The fourth-order valence-corrected chi connectivity index (χ4v) is 2.60. The molecule has 1 aliphatic heterocycles. The SMILES string of the molecule is Cl.NC1(C(=O)N2CCc3ccc(F)cc32)CCC1. The molecule has 0 saturated heterocycles. The Bertz CT molecular complexity index is 488. The molecule has 1 saturated carbocycles. The number of carbonyl (C=O) groups excluding carboxylic acids is 1. The van der Waals surface area contributed by atoms with Crippen LogP contribution in [0, 0.1) is 5.82 Å². The van der Waals surface area contributed by atoms with Gasteiger partial charge in [-0.3, -0.25) is 4.79 Å². The Labute approximate surface area is 112 Å². The van der Waals surface area contributed by atoms with Crippen molar-refractivity contribution in [1.82, 2.24) is 0 Å². The topological polar surface area (TPSA) is 46.3 Å². The second-order valence-corrected chi connectivity index (χ2v) is 4.99. The van der Waals surface area contributed by atoms with E-state index in [-0.39, 0.29) is 24.1 Å². The zero-order valence-corrected chi connectivity index (χ0v) is 10.8. The van der Waals surface area contributed by atoms with Crippen molar-refractivity contribution in [3.63, 3.8) is 0 Å². The van der Waals surface area contributed by atoms with Crippen LogP contribution in [0.2, 0.25) is 0 Å². The highest BCUT2D eigenvalue weighted by atomic mass is 35.5. The summed E-state index contributed by atoms with van der Waals surface area (Å²) in [7, 11) is 0. The lowest BCUT2D eigenvalue weighted by Gasteiger charge is -2.39. The number of fused-ring (bicyclic) bond motifs is 1. The Kier molecular flexibility index (Phi) is 3.34. The number of nitrogens with zero attached hydrogens (tertiary/aromatic N) is 1. The summed E-state index contributed by atoms with van der Waals surface area (Å²) in [6.45, 7) is 0.622. The first-order valence-electron chi connectivity index (χ1n) is 5.99. The predicted octanol–water partition coefficient (Wildman–Crippen LogP) is 2.02. The van der Waals surface area contributed by atoms with Gasteiger partial charge in [0.05, 0.1) is 5.54 Å². The van der Waals surface area contributed by atoms with E-state index in [1.165, 1.54) is 12.1 Å². The van der Waals surface area contributed by atoms with Crippen LogP contribution in [0.5, 0.6) is 0 Å². The molecule has 98 valence electrons. The van der Waals surface area contributed by atoms with Crippen molar-refractivity contribution in [2.75, 3.05) is 11.4 Å². The molecule has 0 aromatic heterocycles. The van der Waals surface area contributed by atoms with Crippen molar-refractivity contribution in [2.45, 2.75) is 31.2 Å². The van der Waals surface area contributed by atoms with E-state index in [0.717, 1.165) is 31.2 Å². The number of nitrogens with two attached hydrogens (primary N) is 1. The maximum atomic E-state index is 13.2. The summed E-state index contributed by atoms with van der Waals surface area (Å²) in [5.74, 6) is -0.351. The zero-order valence-electron chi connectivity index (χ0n) is 9.99. The van der Waals surface area contributed by atoms with Crippen LogP contribution in [0.3, 0.4) is 0 Å². The summed E-state index contributed by atoms with van der Waals surface area (Å²) in [5.41, 5.74) is 7.07. The molecule has 0 atom stereocenters. The van der Waals surface area contributed by atoms with E-state index in [1.54, 1.807) is 11.0 Å². The Morgan fingerprint density at radius 2 is 2.11 bits per heavy atom. The summed E-state index contributed by atoms with van der Waals surface area (Å²) in [4.78, 5) is 14.0. The first-order chi connectivity index (χ1) is 8.10. The van der Waals surface area contributed by atoms with Crippen molar-refractivity contribution in [1.29, 1.82) is 0 Å². The Morgan fingerprint density at radius 1 is 1.39 bits per heavy atom. The number of rotatable bonds is 1. The molecule has 1 aliphatic carbocycles. The van der Waals surface area contributed by atoms with E-state index < -0.39 is 5.54 Å². The van der Waals surface area contributed by atoms with Crippen LogP contribution in [0.4, 0.5) is 10.1 Å². The first kappa shape index (κ1) is 13.3. The van der Waals surface area contributed by atoms with Gasteiger partial charge in [0.15, 0.2) is 0 Å². The predicted molar refractivity (Wildman–Crippen MR) is 70.5 cm³/mol. The van der Waals surface area contributed by atoms with Gasteiger partial charge in [-0.2, -0.15) is 0 Å². The summed E-state index contributed by atoms with van der Waals surface area (Å²) >= 11 is 0. The average molecular weight is 271 g/mol. The minimum absolute atomic E-state index is 0. The quantitative estimate of drug-likeness (QED) is 0.849. The van der Waals surface area contributed by atoms with Gasteiger partial charge >= 0.3 is 0 Å². The van der Waals surface area contributed by atoms with Gasteiger partial charge in [0.1, 0.15) is 5.82 Å². The third kappa shape index (κ3) is 1.89. The normalized spacial score (nSPS) is 19.8. The van der Waals surface area contributed by atoms with Gasteiger partial charge in [-0.1, -0.05) is 6.07 Å². The molecule has 3 rings (SSSR count). The molecular formula is C13H16ClFN2O. The van der Waals surface area contributed by atoms with Crippen molar-refractivity contribution in [3.05, 3.63) is 29.6 Å². The Hall–Kier alpha value is -1.13. The van der Waals surface area contributed by atoms with E-state index in [9.17, 15) is 9.18 Å². The second kappa shape index (κ2) is 4.52. The summed E-state index contributed by atoms with van der Waals surface area (Å²) in [6, 6.07) is 4.62. The summed E-state index contributed by atoms with van der Waals surface area (Å²) in [6.07, 6.45) is 3.28. The van der Waals surface area contributed by atoms with E-state index in [4.69, 9.17) is 5.73 Å². The molecule has 5 heteroatoms. The molecule has 1 aromatic carbocycles. The molecule has 1 fully saturated rings. The lowest BCUT2D eigenvalue weighted by atomic mass is 9.76. The van der Waals surface area contributed by atoms with Crippen molar-refractivity contribution >= 4 is 24.0 Å². The third-order valence-electron chi connectivity index (χ3n) is 3.86. The van der Waals surface area contributed by atoms with Crippen LogP contribution in [-0.4, -0.2) is 18.0 Å². The highest BCUT2D eigenvalue weighted by Crippen LogP contribution is 2.36. The van der Waals surface area contributed by atoms with Gasteiger partial charge in [0.25, 0.3) is 0 Å². The van der Waals surface area contributed by atoms with Crippen molar-refractivity contribution in [3.8, 4) is 0 Å². The van der Waals surface area contributed by atoms with Gasteiger partial charge < -0.3 is 10.6 Å². The zero-order chi connectivity index (χ0) is 12.0. The van der Waals surface area contributed by atoms with E-state index >= 15 is 0 Å². The second-order valence-electron chi connectivity index (χ2n) is 4.99. The minimum Gasteiger partial charge on any atom is -0.317 e. The molecule has 1 heterocycles. The molecule has 0 bridgehead atoms. The highest BCUT2D eigenvalue weighted by Gasteiger charge is 2.44. The smallest absolute Gasteiger partial charge is 0.247 e. The lowest BCUT2D eigenvalue weighted by Crippen LogP contribution is -2.59. The van der Waals surface area contributed by atoms with E-state index in [2.05, 4.69) is 0 Å². The number of anilines is 1. The minimum atomic E-state index is -0.700. The van der Waals surface area contributed by atoms with Crippen LogP contribution in [0.25, 0.3) is 0 Å². The standard InChI is InChI=1S/C13H15FN2O.ClH/c14-10-3-2-9-4-7-16(11(9)8-10)12(17)13(15)5-1-6-13;/h2-3,8H,1,4-7,15H2;1H. The highest BCUT2D eigenvalue weighted by molar-refractivity contribution is 6.02. The molecule has 2 aliphatic rings. The van der Waals surface area contributed by atoms with Gasteiger partial charge in [0, 0.05) is 12.2 Å². The Balaban J connectivity index is 0.00000120. The van der Waals surface area contributed by atoms with Crippen LogP contribution >= 0.6 is 12.4 Å². The van der Waals surface area contributed by atoms with E-state index in [1.807, 2.05) is 0 Å². The number of halogens is 2. The molecule has 3 nitrogen and oxygen atoms in total. The molecule has 18 heavy (non-hydrogen) atoms. The summed E-state index contributed by atoms with van der Waals surface area (Å²) in [5, 5.41) is 0. The summed E-state index contributed by atoms with van der Waals surface area (Å²) < 4.78 is 13.2. The molecular weight excluding hydrogens is 255 g/mol.